The van der Waals surface area contributed by atoms with Crippen molar-refractivity contribution in [3.63, 3.8) is 0 Å². The Kier molecular flexibility index (Phi) is 27.5. The summed E-state index contributed by atoms with van der Waals surface area (Å²) in [5.41, 5.74) is 0. The van der Waals surface area contributed by atoms with Crippen molar-refractivity contribution in [3.8, 4) is 0 Å². The van der Waals surface area contributed by atoms with E-state index in [0.717, 1.165) is 43.8 Å². The molecule has 30 heavy (non-hydrogen) atoms. The molecule has 0 spiro atoms. The summed E-state index contributed by atoms with van der Waals surface area (Å²) in [7, 11) is 1.75. The number of ether oxygens (including phenoxy) is 2. The molecule has 0 bridgehead atoms. The van der Waals surface area contributed by atoms with Gasteiger partial charge in [0, 0.05) is 20.3 Å². The highest BCUT2D eigenvalue weighted by atomic mass is 32.2. The topological polar surface area (TPSA) is 38.7 Å². The van der Waals surface area contributed by atoms with Crippen LogP contribution in [0.25, 0.3) is 0 Å². The molecule has 1 unspecified atom stereocenters. The van der Waals surface area contributed by atoms with E-state index in [1.54, 1.807) is 7.11 Å². The molecular weight excluding hydrogens is 392 g/mol. The third-order valence-corrected chi connectivity index (χ3v) is 6.89. The van der Waals surface area contributed by atoms with Gasteiger partial charge in [0.05, 0.1) is 0 Å². The molecule has 0 fully saturated rings. The van der Waals surface area contributed by atoms with Crippen molar-refractivity contribution in [1.29, 1.82) is 0 Å². The molecule has 182 valence electrons. The summed E-state index contributed by atoms with van der Waals surface area (Å²) in [6, 6.07) is 0. The molecule has 0 amide bonds. The molecular formula is C26H54O3S. The smallest absolute Gasteiger partial charge is 0.157 e. The van der Waals surface area contributed by atoms with Crippen LogP contribution in [0, 0.1) is 0 Å². The summed E-state index contributed by atoms with van der Waals surface area (Å²) < 4.78 is 11.3. The summed E-state index contributed by atoms with van der Waals surface area (Å²) in [5.74, 6) is 2.18. The van der Waals surface area contributed by atoms with Gasteiger partial charge in [-0.2, -0.15) is 11.8 Å². The van der Waals surface area contributed by atoms with Crippen molar-refractivity contribution in [2.45, 2.75) is 135 Å². The molecule has 0 aliphatic carbocycles. The molecule has 1 atom stereocenters. The van der Waals surface area contributed by atoms with Gasteiger partial charge in [0.15, 0.2) is 6.29 Å². The number of methoxy groups -OCH3 is 1. The van der Waals surface area contributed by atoms with Gasteiger partial charge in [-0.15, -0.1) is 0 Å². The van der Waals surface area contributed by atoms with Crippen LogP contribution in [-0.4, -0.2) is 43.2 Å². The van der Waals surface area contributed by atoms with Crippen molar-refractivity contribution < 1.29 is 14.6 Å². The standard InChI is InChI=1S/C26H54O3S/c1-3-4-5-6-7-8-9-10-11-12-13-14-15-16-17-18-23-29-26(28-2)21-19-24-30-25-20-22-27/h26-27H,3-25H2,1-2H3. The molecule has 4 heteroatoms. The highest BCUT2D eigenvalue weighted by molar-refractivity contribution is 7.99. The zero-order valence-electron chi connectivity index (χ0n) is 20.5. The minimum absolute atomic E-state index is 0.0419. The Morgan fingerprint density at radius 2 is 1.10 bits per heavy atom. The fourth-order valence-electron chi connectivity index (χ4n) is 3.75. The average molecular weight is 447 g/mol. The molecule has 0 aliphatic heterocycles. The van der Waals surface area contributed by atoms with E-state index in [0.29, 0.717) is 6.61 Å². The molecule has 0 radical (unpaired) electrons. The van der Waals surface area contributed by atoms with Crippen LogP contribution in [0.2, 0.25) is 0 Å². The van der Waals surface area contributed by atoms with Gasteiger partial charge in [-0.3, -0.25) is 0 Å². The molecule has 3 nitrogen and oxygen atoms in total. The van der Waals surface area contributed by atoms with Gasteiger partial charge >= 0.3 is 0 Å². The Hall–Kier alpha value is 0.230. The molecule has 0 aromatic heterocycles. The van der Waals surface area contributed by atoms with E-state index in [4.69, 9.17) is 14.6 Å². The van der Waals surface area contributed by atoms with Crippen LogP contribution in [0.5, 0.6) is 0 Å². The summed E-state index contributed by atoms with van der Waals surface area (Å²) in [6.45, 7) is 3.42. The van der Waals surface area contributed by atoms with E-state index < -0.39 is 0 Å². The first-order valence-corrected chi connectivity index (χ1v) is 14.3. The zero-order chi connectivity index (χ0) is 22.0. The first kappa shape index (κ1) is 30.2. The van der Waals surface area contributed by atoms with Crippen LogP contribution in [0.4, 0.5) is 0 Å². The number of unbranched alkanes of at least 4 members (excludes halogenated alkanes) is 15. The number of hydrogen-bond donors (Lipinski definition) is 1. The maximum atomic E-state index is 8.77. The monoisotopic (exact) mass is 446 g/mol. The largest absolute Gasteiger partial charge is 0.396 e. The lowest BCUT2D eigenvalue weighted by molar-refractivity contribution is -0.128. The van der Waals surface area contributed by atoms with Crippen LogP contribution < -0.4 is 0 Å². The molecule has 0 saturated carbocycles. The van der Waals surface area contributed by atoms with Crippen molar-refractivity contribution in [2.24, 2.45) is 0 Å². The van der Waals surface area contributed by atoms with Gasteiger partial charge in [-0.1, -0.05) is 103 Å². The highest BCUT2D eigenvalue weighted by Gasteiger charge is 2.06. The van der Waals surface area contributed by atoms with Crippen molar-refractivity contribution in [3.05, 3.63) is 0 Å². The maximum absolute atomic E-state index is 8.77. The summed E-state index contributed by atoms with van der Waals surface area (Å²) in [4.78, 5) is 0. The molecule has 0 aromatic rings. The number of thioether (sulfide) groups is 1. The predicted octanol–water partition coefficient (Wildman–Crippen LogP) is 8.13. The van der Waals surface area contributed by atoms with Crippen LogP contribution in [0.15, 0.2) is 0 Å². The number of rotatable bonds is 26. The molecule has 0 heterocycles. The average Bonchev–Trinajstić information content (AvgIpc) is 2.76. The van der Waals surface area contributed by atoms with E-state index >= 15 is 0 Å². The zero-order valence-corrected chi connectivity index (χ0v) is 21.3. The lowest BCUT2D eigenvalue weighted by Gasteiger charge is -2.16. The van der Waals surface area contributed by atoms with E-state index in [1.165, 1.54) is 96.3 Å². The Bertz CT molecular complexity index is 302. The van der Waals surface area contributed by atoms with E-state index in [9.17, 15) is 0 Å². The Morgan fingerprint density at radius 3 is 1.57 bits per heavy atom. The SMILES string of the molecule is CCCCCCCCCCCCCCCCCCOC(CCCSCCCO)OC. The lowest BCUT2D eigenvalue weighted by atomic mass is 10.0. The minimum Gasteiger partial charge on any atom is -0.396 e. The second-order valence-corrected chi connectivity index (χ2v) is 9.90. The van der Waals surface area contributed by atoms with Crippen molar-refractivity contribution >= 4 is 11.8 Å². The number of hydrogen-bond acceptors (Lipinski definition) is 4. The molecule has 1 N–H and O–H groups in total. The second kappa shape index (κ2) is 27.3. The van der Waals surface area contributed by atoms with Gasteiger partial charge in [0.2, 0.25) is 0 Å². The third-order valence-electron chi connectivity index (χ3n) is 5.74. The Labute approximate surface area is 193 Å². The van der Waals surface area contributed by atoms with Crippen molar-refractivity contribution in [2.75, 3.05) is 31.8 Å². The molecule has 0 rings (SSSR count). The van der Waals surface area contributed by atoms with Crippen LogP contribution in [0.3, 0.4) is 0 Å². The predicted molar refractivity (Wildman–Crippen MR) is 135 cm³/mol. The van der Waals surface area contributed by atoms with Crippen LogP contribution in [-0.2, 0) is 9.47 Å². The first-order chi connectivity index (χ1) is 14.8. The van der Waals surface area contributed by atoms with E-state index in [2.05, 4.69) is 6.92 Å². The highest BCUT2D eigenvalue weighted by Crippen LogP contribution is 2.14. The summed E-state index contributed by atoms with van der Waals surface area (Å²) in [6.07, 6.45) is 25.3. The summed E-state index contributed by atoms with van der Waals surface area (Å²) in [5, 5.41) is 8.77. The first-order valence-electron chi connectivity index (χ1n) is 13.2. The lowest BCUT2D eigenvalue weighted by Crippen LogP contribution is -2.16. The van der Waals surface area contributed by atoms with Gasteiger partial charge in [0.25, 0.3) is 0 Å². The molecule has 0 aromatic carbocycles. The normalized spacial score (nSPS) is 12.5. The Balaban J connectivity index is 3.20. The minimum atomic E-state index is -0.0419. The van der Waals surface area contributed by atoms with Crippen LogP contribution in [0.1, 0.15) is 129 Å². The van der Waals surface area contributed by atoms with E-state index in [1.807, 2.05) is 11.8 Å². The number of aliphatic hydroxyl groups excluding tert-OH is 1. The van der Waals surface area contributed by atoms with Crippen LogP contribution >= 0.6 is 11.8 Å². The maximum Gasteiger partial charge on any atom is 0.157 e. The molecule has 0 aliphatic rings. The fraction of sp³-hybridized carbons (Fsp3) is 1.00. The van der Waals surface area contributed by atoms with E-state index in [-0.39, 0.29) is 6.29 Å². The van der Waals surface area contributed by atoms with Gasteiger partial charge < -0.3 is 14.6 Å². The fourth-order valence-corrected chi connectivity index (χ4v) is 4.66. The van der Waals surface area contributed by atoms with Gasteiger partial charge in [0.1, 0.15) is 0 Å². The second-order valence-electron chi connectivity index (χ2n) is 8.67. The quantitative estimate of drug-likeness (QED) is 0.107. The van der Waals surface area contributed by atoms with Gasteiger partial charge in [-0.25, -0.2) is 0 Å². The third kappa shape index (κ3) is 24.5. The Morgan fingerprint density at radius 1 is 0.633 bits per heavy atom. The summed E-state index contributed by atoms with van der Waals surface area (Å²) >= 11 is 1.91. The van der Waals surface area contributed by atoms with Gasteiger partial charge in [-0.05, 0) is 37.2 Å². The number of aliphatic hydroxyl groups is 1. The molecule has 0 saturated heterocycles. The van der Waals surface area contributed by atoms with Crippen molar-refractivity contribution in [1.82, 2.24) is 0 Å².